The van der Waals surface area contributed by atoms with Gasteiger partial charge in [-0.15, -0.1) is 5.10 Å². The van der Waals surface area contributed by atoms with Crippen LogP contribution in [0.25, 0.3) is 5.69 Å². The smallest absolute Gasteiger partial charge is 0.258 e. The molecule has 0 aliphatic heterocycles. The fourth-order valence-electron chi connectivity index (χ4n) is 1.66. The summed E-state index contributed by atoms with van der Waals surface area (Å²) >= 11 is 1.04. The topological polar surface area (TPSA) is 99.6 Å². The number of nitro groups is 1. The van der Waals surface area contributed by atoms with Crippen LogP contribution in [0.15, 0.2) is 58.8 Å². The van der Waals surface area contributed by atoms with Crippen LogP contribution in [-0.2, 0) is 0 Å². The van der Waals surface area contributed by atoms with E-state index < -0.39 is 4.92 Å². The Bertz CT molecular complexity index is 776. The van der Waals surface area contributed by atoms with Crippen LogP contribution in [0.2, 0.25) is 0 Å². The molecule has 8 nitrogen and oxygen atoms in total. The summed E-state index contributed by atoms with van der Waals surface area (Å²) in [5.74, 6) is 0. The number of tetrazole rings is 1. The molecule has 0 bridgehead atoms. The van der Waals surface area contributed by atoms with Gasteiger partial charge in [-0.2, -0.15) is 4.68 Å². The lowest BCUT2D eigenvalue weighted by Crippen LogP contribution is -1.99. The zero-order valence-corrected chi connectivity index (χ0v) is 11.3. The number of pyridine rings is 1. The molecule has 3 rings (SSSR count). The lowest BCUT2D eigenvalue weighted by atomic mass is 10.3. The van der Waals surface area contributed by atoms with Crippen molar-refractivity contribution in [2.45, 2.75) is 10.2 Å². The highest BCUT2D eigenvalue weighted by Crippen LogP contribution is 2.31. The highest BCUT2D eigenvalue weighted by molar-refractivity contribution is 7.99. The predicted octanol–water partition coefficient (Wildman–Crippen LogP) is 2.12. The highest BCUT2D eigenvalue weighted by atomic mass is 32.2. The van der Waals surface area contributed by atoms with Gasteiger partial charge in [0.1, 0.15) is 0 Å². The van der Waals surface area contributed by atoms with E-state index in [1.807, 2.05) is 30.3 Å². The second-order valence-electron chi connectivity index (χ2n) is 3.90. The summed E-state index contributed by atoms with van der Waals surface area (Å²) in [7, 11) is 0. The second kappa shape index (κ2) is 5.67. The predicted molar refractivity (Wildman–Crippen MR) is 74.2 cm³/mol. The molecule has 0 atom stereocenters. The van der Waals surface area contributed by atoms with Gasteiger partial charge in [0, 0.05) is 12.3 Å². The number of benzene rings is 1. The third-order valence-corrected chi connectivity index (χ3v) is 3.52. The third-order valence-electron chi connectivity index (χ3n) is 2.58. The summed E-state index contributed by atoms with van der Waals surface area (Å²) in [4.78, 5) is 14.5. The second-order valence-corrected chi connectivity index (χ2v) is 4.85. The van der Waals surface area contributed by atoms with Crippen molar-refractivity contribution in [1.29, 1.82) is 0 Å². The molecule has 21 heavy (non-hydrogen) atoms. The Kier molecular flexibility index (Phi) is 3.56. The van der Waals surface area contributed by atoms with Gasteiger partial charge in [-0.25, -0.2) is 4.98 Å². The van der Waals surface area contributed by atoms with Crippen LogP contribution in [0.5, 0.6) is 0 Å². The van der Waals surface area contributed by atoms with Gasteiger partial charge in [-0.05, 0) is 40.4 Å². The van der Waals surface area contributed by atoms with Crippen molar-refractivity contribution in [1.82, 2.24) is 25.2 Å². The van der Waals surface area contributed by atoms with Crippen molar-refractivity contribution in [2.24, 2.45) is 0 Å². The minimum absolute atomic E-state index is 0.0786. The van der Waals surface area contributed by atoms with Gasteiger partial charge in [0.25, 0.3) is 0 Å². The number of aromatic nitrogens is 5. The van der Waals surface area contributed by atoms with E-state index in [0.717, 1.165) is 17.4 Å². The Morgan fingerprint density at radius 2 is 1.95 bits per heavy atom. The highest BCUT2D eigenvalue weighted by Gasteiger charge is 2.19. The van der Waals surface area contributed by atoms with Crippen molar-refractivity contribution >= 4 is 17.4 Å². The molecule has 104 valence electrons. The van der Waals surface area contributed by atoms with E-state index in [-0.39, 0.29) is 10.7 Å². The summed E-state index contributed by atoms with van der Waals surface area (Å²) in [6.07, 6.45) is 1.49. The SMILES string of the molecule is O=[N+]([O-])c1cccnc1Sc1nnnn1-c1ccccc1. The van der Waals surface area contributed by atoms with Crippen molar-refractivity contribution in [3.8, 4) is 5.69 Å². The summed E-state index contributed by atoms with van der Waals surface area (Å²) < 4.78 is 1.50. The fraction of sp³-hybridized carbons (Fsp3) is 0. The van der Waals surface area contributed by atoms with Gasteiger partial charge in [0.2, 0.25) is 5.16 Å². The molecule has 2 heterocycles. The molecule has 0 saturated carbocycles. The van der Waals surface area contributed by atoms with Gasteiger partial charge in [-0.3, -0.25) is 10.1 Å². The number of hydrogen-bond donors (Lipinski definition) is 0. The van der Waals surface area contributed by atoms with Crippen LogP contribution < -0.4 is 0 Å². The molecule has 0 aliphatic carbocycles. The van der Waals surface area contributed by atoms with Crippen molar-refractivity contribution in [3.05, 3.63) is 58.8 Å². The van der Waals surface area contributed by atoms with Crippen LogP contribution in [0.3, 0.4) is 0 Å². The van der Waals surface area contributed by atoms with Gasteiger partial charge >= 0.3 is 5.69 Å². The third kappa shape index (κ3) is 2.72. The van der Waals surface area contributed by atoms with Crippen LogP contribution in [0, 0.1) is 10.1 Å². The average Bonchev–Trinajstić information content (AvgIpc) is 2.96. The van der Waals surface area contributed by atoms with Gasteiger partial charge in [0.05, 0.1) is 10.6 Å². The molecule has 0 amide bonds. The lowest BCUT2D eigenvalue weighted by Gasteiger charge is -2.03. The molecule has 0 radical (unpaired) electrons. The summed E-state index contributed by atoms with van der Waals surface area (Å²) in [5.41, 5.74) is 0.689. The first-order chi connectivity index (χ1) is 10.3. The first-order valence-corrected chi connectivity index (χ1v) is 6.68. The van der Waals surface area contributed by atoms with Gasteiger partial charge in [-0.1, -0.05) is 18.2 Å². The van der Waals surface area contributed by atoms with Gasteiger partial charge in [0.15, 0.2) is 5.03 Å². The Morgan fingerprint density at radius 3 is 2.71 bits per heavy atom. The fourth-order valence-corrected chi connectivity index (χ4v) is 2.50. The summed E-state index contributed by atoms with van der Waals surface area (Å²) in [5, 5.41) is 23.0. The van der Waals surface area contributed by atoms with Crippen LogP contribution >= 0.6 is 11.8 Å². The quantitative estimate of drug-likeness (QED) is 0.537. The maximum atomic E-state index is 11.0. The molecular formula is C12H8N6O2S. The maximum absolute atomic E-state index is 11.0. The van der Waals surface area contributed by atoms with E-state index in [0.29, 0.717) is 5.16 Å². The van der Waals surface area contributed by atoms with Crippen LogP contribution in [0.4, 0.5) is 5.69 Å². The average molecular weight is 300 g/mol. The van der Waals surface area contributed by atoms with Crippen LogP contribution in [0.1, 0.15) is 0 Å². The standard InChI is InChI=1S/C12H8N6O2S/c19-18(20)10-7-4-8-13-11(10)21-12-14-15-16-17(12)9-5-2-1-3-6-9/h1-8H. The van der Waals surface area contributed by atoms with Crippen molar-refractivity contribution in [3.63, 3.8) is 0 Å². The first-order valence-electron chi connectivity index (χ1n) is 5.87. The van der Waals surface area contributed by atoms with Gasteiger partial charge < -0.3 is 0 Å². The van der Waals surface area contributed by atoms with E-state index >= 15 is 0 Å². The van der Waals surface area contributed by atoms with Crippen LogP contribution in [-0.4, -0.2) is 30.1 Å². The van der Waals surface area contributed by atoms with E-state index in [9.17, 15) is 10.1 Å². The minimum atomic E-state index is -0.480. The number of nitrogens with zero attached hydrogens (tertiary/aromatic N) is 6. The number of rotatable bonds is 4. The number of hydrogen-bond acceptors (Lipinski definition) is 7. The largest absolute Gasteiger partial charge is 0.301 e. The first kappa shape index (κ1) is 13.2. The molecule has 2 aromatic heterocycles. The Hall–Kier alpha value is -2.81. The molecule has 1 aromatic carbocycles. The molecule has 0 aliphatic rings. The molecule has 9 heteroatoms. The molecule has 0 fully saturated rings. The van der Waals surface area contributed by atoms with E-state index in [1.54, 1.807) is 0 Å². The van der Waals surface area contributed by atoms with Crippen molar-refractivity contribution in [2.75, 3.05) is 0 Å². The normalized spacial score (nSPS) is 10.5. The van der Waals surface area contributed by atoms with E-state index in [4.69, 9.17) is 0 Å². The minimum Gasteiger partial charge on any atom is -0.258 e. The molecule has 0 unspecified atom stereocenters. The number of para-hydroxylation sites is 1. The Morgan fingerprint density at radius 1 is 1.14 bits per heavy atom. The van der Waals surface area contributed by atoms with E-state index in [2.05, 4.69) is 20.5 Å². The summed E-state index contributed by atoms with van der Waals surface area (Å²) in [6.45, 7) is 0. The zero-order valence-electron chi connectivity index (χ0n) is 10.5. The zero-order chi connectivity index (χ0) is 14.7. The molecule has 3 aromatic rings. The summed E-state index contributed by atoms with van der Waals surface area (Å²) in [6, 6.07) is 12.2. The molecule has 0 spiro atoms. The Labute approximate surface area is 123 Å². The Balaban J connectivity index is 1.98. The monoisotopic (exact) mass is 300 g/mol. The lowest BCUT2D eigenvalue weighted by molar-refractivity contribution is -0.388. The maximum Gasteiger partial charge on any atom is 0.301 e. The molecular weight excluding hydrogens is 292 g/mol. The molecule has 0 saturated heterocycles. The van der Waals surface area contributed by atoms with E-state index in [1.165, 1.54) is 23.0 Å². The molecule has 0 N–H and O–H groups in total. The van der Waals surface area contributed by atoms with Crippen molar-refractivity contribution < 1.29 is 4.92 Å².